The van der Waals surface area contributed by atoms with Crippen LogP contribution >= 0.6 is 0 Å². The van der Waals surface area contributed by atoms with Crippen molar-refractivity contribution >= 4 is 11.9 Å². The van der Waals surface area contributed by atoms with Crippen LogP contribution in [0.3, 0.4) is 0 Å². The molecule has 0 bridgehead atoms. The van der Waals surface area contributed by atoms with Crippen molar-refractivity contribution in [3.05, 3.63) is 35.9 Å². The van der Waals surface area contributed by atoms with Gasteiger partial charge in [0.05, 0.1) is 7.11 Å². The summed E-state index contributed by atoms with van der Waals surface area (Å²) in [6.07, 6.45) is 0.964. The Morgan fingerprint density at radius 1 is 1.41 bits per heavy atom. The Bertz CT molecular complexity index is 440. The zero-order chi connectivity index (χ0) is 12.5. The van der Waals surface area contributed by atoms with E-state index in [9.17, 15) is 9.59 Å². The summed E-state index contributed by atoms with van der Waals surface area (Å²) >= 11 is 0. The Balaban J connectivity index is 2.11. The van der Waals surface area contributed by atoms with Crippen LogP contribution in [0, 0.1) is 11.3 Å². The van der Waals surface area contributed by atoms with Gasteiger partial charge in [0.2, 0.25) is 0 Å². The maximum absolute atomic E-state index is 11.5. The molecule has 1 aromatic rings. The molecule has 1 unspecified atom stereocenters. The number of carbonyl (C=O) groups is 2. The first-order valence-corrected chi connectivity index (χ1v) is 5.47. The van der Waals surface area contributed by atoms with Crippen molar-refractivity contribution < 1.29 is 19.4 Å². The molecule has 90 valence electrons. The molecule has 0 aliphatic heterocycles. The van der Waals surface area contributed by atoms with E-state index in [1.54, 1.807) is 0 Å². The van der Waals surface area contributed by atoms with Crippen molar-refractivity contribution in [3.63, 3.8) is 0 Å². The van der Waals surface area contributed by atoms with Crippen LogP contribution in [0.25, 0.3) is 0 Å². The first-order chi connectivity index (χ1) is 8.11. The number of hydrogen-bond acceptors (Lipinski definition) is 3. The van der Waals surface area contributed by atoms with Gasteiger partial charge in [-0.05, 0) is 24.3 Å². The second-order valence-electron chi connectivity index (χ2n) is 4.36. The molecule has 1 aliphatic rings. The predicted molar refractivity (Wildman–Crippen MR) is 60.3 cm³/mol. The van der Waals surface area contributed by atoms with E-state index in [1.165, 1.54) is 7.11 Å². The third-order valence-electron chi connectivity index (χ3n) is 3.36. The zero-order valence-electron chi connectivity index (χ0n) is 9.55. The van der Waals surface area contributed by atoms with Gasteiger partial charge in [-0.15, -0.1) is 0 Å². The third-order valence-corrected chi connectivity index (χ3v) is 3.36. The molecule has 1 aromatic carbocycles. The van der Waals surface area contributed by atoms with E-state index in [0.29, 0.717) is 12.8 Å². The predicted octanol–water partition coefficient (Wildman–Crippen LogP) is 1.49. The van der Waals surface area contributed by atoms with Gasteiger partial charge in [0.1, 0.15) is 0 Å². The highest BCUT2D eigenvalue weighted by atomic mass is 16.5. The number of methoxy groups -OCH3 is 1. The number of ether oxygens (including phenoxy) is 1. The molecule has 0 aromatic heterocycles. The van der Waals surface area contributed by atoms with Gasteiger partial charge in [0.15, 0.2) is 5.41 Å². The van der Waals surface area contributed by atoms with E-state index in [0.717, 1.165) is 5.56 Å². The second kappa shape index (κ2) is 4.20. The molecular weight excluding hydrogens is 220 g/mol. The molecule has 1 aliphatic carbocycles. The minimum absolute atomic E-state index is 0.158. The van der Waals surface area contributed by atoms with E-state index in [4.69, 9.17) is 5.11 Å². The van der Waals surface area contributed by atoms with Crippen molar-refractivity contribution in [3.8, 4) is 0 Å². The summed E-state index contributed by atoms with van der Waals surface area (Å²) in [4.78, 5) is 22.7. The zero-order valence-corrected chi connectivity index (χ0v) is 9.55. The molecule has 2 atom stereocenters. The number of carbonyl (C=O) groups excluding carboxylic acids is 1. The number of benzene rings is 1. The molecule has 4 heteroatoms. The minimum Gasteiger partial charge on any atom is -0.480 e. The Morgan fingerprint density at radius 2 is 2.06 bits per heavy atom. The lowest BCUT2D eigenvalue weighted by Crippen LogP contribution is -2.29. The summed E-state index contributed by atoms with van der Waals surface area (Å²) < 4.78 is 4.59. The average Bonchev–Trinajstić information content (AvgIpc) is 3.05. The van der Waals surface area contributed by atoms with E-state index in [-0.39, 0.29) is 5.92 Å². The Morgan fingerprint density at radius 3 is 2.59 bits per heavy atom. The van der Waals surface area contributed by atoms with Gasteiger partial charge in [-0.2, -0.15) is 0 Å². The normalized spacial score (nSPS) is 26.3. The minimum atomic E-state index is -1.31. The van der Waals surface area contributed by atoms with Crippen LogP contribution in [0.4, 0.5) is 0 Å². The first kappa shape index (κ1) is 11.6. The summed E-state index contributed by atoms with van der Waals surface area (Å²) in [7, 11) is 1.23. The molecule has 4 nitrogen and oxygen atoms in total. The largest absolute Gasteiger partial charge is 0.480 e. The fraction of sp³-hybridized carbons (Fsp3) is 0.385. The van der Waals surface area contributed by atoms with Gasteiger partial charge in [-0.1, -0.05) is 30.3 Å². The van der Waals surface area contributed by atoms with Crippen molar-refractivity contribution in [1.29, 1.82) is 0 Å². The molecule has 17 heavy (non-hydrogen) atoms. The van der Waals surface area contributed by atoms with E-state index in [2.05, 4.69) is 4.74 Å². The van der Waals surface area contributed by atoms with Crippen LogP contribution in [0.15, 0.2) is 30.3 Å². The van der Waals surface area contributed by atoms with E-state index >= 15 is 0 Å². The maximum atomic E-state index is 11.5. The summed E-state index contributed by atoms with van der Waals surface area (Å²) in [6.45, 7) is 0. The quantitative estimate of drug-likeness (QED) is 0.633. The lowest BCUT2D eigenvalue weighted by molar-refractivity contribution is -0.160. The van der Waals surface area contributed by atoms with Crippen LogP contribution in [-0.2, 0) is 20.7 Å². The highest BCUT2D eigenvalue weighted by Gasteiger charge is 2.66. The van der Waals surface area contributed by atoms with Crippen LogP contribution in [0.2, 0.25) is 0 Å². The SMILES string of the molecule is COC(=O)[C@]1(C(=O)O)CC1Cc1ccccc1. The molecule has 0 amide bonds. The monoisotopic (exact) mass is 234 g/mol. The van der Waals surface area contributed by atoms with Gasteiger partial charge >= 0.3 is 11.9 Å². The fourth-order valence-electron chi connectivity index (χ4n) is 2.26. The van der Waals surface area contributed by atoms with Gasteiger partial charge in [0.25, 0.3) is 0 Å². The number of aliphatic carboxylic acids is 1. The number of rotatable bonds is 4. The molecule has 1 saturated carbocycles. The Hall–Kier alpha value is -1.84. The van der Waals surface area contributed by atoms with Crippen molar-refractivity contribution in [2.45, 2.75) is 12.8 Å². The average molecular weight is 234 g/mol. The summed E-state index contributed by atoms with van der Waals surface area (Å²) in [5.74, 6) is -1.87. The van der Waals surface area contributed by atoms with Crippen LogP contribution < -0.4 is 0 Å². The number of carboxylic acids is 1. The molecule has 1 N–H and O–H groups in total. The summed E-state index contributed by atoms with van der Waals surface area (Å²) in [5, 5.41) is 9.15. The lowest BCUT2D eigenvalue weighted by atomic mass is 9.99. The molecule has 1 fully saturated rings. The van der Waals surface area contributed by atoms with Crippen LogP contribution in [-0.4, -0.2) is 24.2 Å². The van der Waals surface area contributed by atoms with Gasteiger partial charge in [0, 0.05) is 0 Å². The topological polar surface area (TPSA) is 63.6 Å². The van der Waals surface area contributed by atoms with Crippen LogP contribution in [0.1, 0.15) is 12.0 Å². The first-order valence-electron chi connectivity index (χ1n) is 5.47. The highest BCUT2D eigenvalue weighted by molar-refractivity contribution is 6.03. The molecule has 0 radical (unpaired) electrons. The Kier molecular flexibility index (Phi) is 2.88. The number of carboxylic acid groups (broad SMARTS) is 1. The summed E-state index contributed by atoms with van der Waals surface area (Å²) in [6, 6.07) is 9.57. The molecule has 0 heterocycles. The van der Waals surface area contributed by atoms with Crippen molar-refractivity contribution in [2.24, 2.45) is 11.3 Å². The second-order valence-corrected chi connectivity index (χ2v) is 4.36. The smallest absolute Gasteiger partial charge is 0.323 e. The molecule has 0 spiro atoms. The molecule has 0 saturated heterocycles. The van der Waals surface area contributed by atoms with Gasteiger partial charge in [-0.25, -0.2) is 0 Å². The van der Waals surface area contributed by atoms with Gasteiger partial charge < -0.3 is 9.84 Å². The standard InChI is InChI=1S/C13H14O4/c1-17-12(16)13(11(14)15)8-10(13)7-9-5-3-2-4-6-9/h2-6,10H,7-8H2,1H3,(H,14,15)/t10?,13-/m1/s1. The van der Waals surface area contributed by atoms with Crippen LogP contribution in [0.5, 0.6) is 0 Å². The Labute approximate surface area is 99.2 Å². The highest BCUT2D eigenvalue weighted by Crippen LogP contribution is 2.55. The third kappa shape index (κ3) is 1.90. The molecule has 2 rings (SSSR count). The van der Waals surface area contributed by atoms with Crippen molar-refractivity contribution in [2.75, 3.05) is 7.11 Å². The van der Waals surface area contributed by atoms with Gasteiger partial charge in [-0.3, -0.25) is 9.59 Å². The van der Waals surface area contributed by atoms with Crippen molar-refractivity contribution in [1.82, 2.24) is 0 Å². The molecular formula is C13H14O4. The summed E-state index contributed by atoms with van der Waals surface area (Å²) in [5.41, 5.74) is -0.269. The lowest BCUT2D eigenvalue weighted by Gasteiger charge is -2.09. The van der Waals surface area contributed by atoms with E-state index < -0.39 is 17.4 Å². The number of hydrogen-bond donors (Lipinski definition) is 1. The number of esters is 1. The fourth-order valence-corrected chi connectivity index (χ4v) is 2.26. The maximum Gasteiger partial charge on any atom is 0.323 e. The van der Waals surface area contributed by atoms with E-state index in [1.807, 2.05) is 30.3 Å².